The lowest BCUT2D eigenvalue weighted by Gasteiger charge is -2.25. The highest BCUT2D eigenvalue weighted by Crippen LogP contribution is 2.24. The summed E-state index contributed by atoms with van der Waals surface area (Å²) in [5.74, 6) is 2.28. The van der Waals surface area contributed by atoms with E-state index >= 15 is 0 Å². The third kappa shape index (κ3) is 2.96. The first-order valence-electron chi connectivity index (χ1n) is 7.38. The zero-order valence-corrected chi connectivity index (χ0v) is 12.4. The predicted molar refractivity (Wildman–Crippen MR) is 79.6 cm³/mol. The van der Waals surface area contributed by atoms with E-state index in [0.717, 1.165) is 18.1 Å². The molecule has 1 atom stereocenters. The number of hydrogen-bond donors (Lipinski definition) is 1. The predicted octanol–water partition coefficient (Wildman–Crippen LogP) is 2.09. The number of nitrogens with zero attached hydrogens (tertiary/aromatic N) is 3. The molecule has 1 amide bonds. The Balaban J connectivity index is 1.88. The molecule has 0 saturated heterocycles. The van der Waals surface area contributed by atoms with Crippen molar-refractivity contribution in [1.82, 2.24) is 20.1 Å². The van der Waals surface area contributed by atoms with Crippen LogP contribution in [-0.2, 0) is 17.8 Å². The van der Waals surface area contributed by atoms with Crippen molar-refractivity contribution in [2.24, 2.45) is 5.92 Å². The van der Waals surface area contributed by atoms with Crippen molar-refractivity contribution < 1.29 is 4.79 Å². The van der Waals surface area contributed by atoms with Crippen LogP contribution in [0.4, 0.5) is 0 Å². The first kappa shape index (κ1) is 13.8. The number of carbonyl (C=O) groups is 1. The fourth-order valence-electron chi connectivity index (χ4n) is 2.77. The van der Waals surface area contributed by atoms with Crippen molar-refractivity contribution in [2.75, 3.05) is 0 Å². The molecule has 1 aliphatic heterocycles. The Labute approximate surface area is 124 Å². The minimum Gasteiger partial charge on any atom is -0.345 e. The quantitative estimate of drug-likeness (QED) is 0.935. The number of rotatable bonds is 4. The zero-order chi connectivity index (χ0) is 14.8. The normalized spacial score (nSPS) is 17.7. The minimum atomic E-state index is -0.0247. The van der Waals surface area contributed by atoms with E-state index in [9.17, 15) is 4.79 Å². The van der Waals surface area contributed by atoms with Gasteiger partial charge in [0.25, 0.3) is 0 Å². The van der Waals surface area contributed by atoms with Crippen molar-refractivity contribution in [2.45, 2.75) is 39.3 Å². The monoisotopic (exact) mass is 284 g/mol. The fourth-order valence-corrected chi connectivity index (χ4v) is 2.77. The average molecular weight is 284 g/mol. The molecular formula is C16H20N4O. The van der Waals surface area contributed by atoms with Crippen LogP contribution in [0.2, 0.25) is 0 Å². The van der Waals surface area contributed by atoms with E-state index in [1.807, 2.05) is 22.8 Å². The number of amides is 1. The molecule has 1 N–H and O–H groups in total. The topological polar surface area (TPSA) is 59.8 Å². The van der Waals surface area contributed by atoms with Crippen molar-refractivity contribution in [3.05, 3.63) is 47.5 Å². The lowest BCUT2D eigenvalue weighted by Crippen LogP contribution is -2.39. The molecule has 5 nitrogen and oxygen atoms in total. The lowest BCUT2D eigenvalue weighted by atomic mass is 10.0. The molecular weight excluding hydrogens is 264 g/mol. The van der Waals surface area contributed by atoms with Crippen molar-refractivity contribution >= 4 is 5.91 Å². The van der Waals surface area contributed by atoms with Gasteiger partial charge in [0.2, 0.25) is 5.91 Å². The van der Waals surface area contributed by atoms with E-state index in [4.69, 9.17) is 0 Å². The molecule has 1 aromatic heterocycles. The van der Waals surface area contributed by atoms with Gasteiger partial charge in [0.05, 0.1) is 6.04 Å². The van der Waals surface area contributed by atoms with Crippen LogP contribution in [0.25, 0.3) is 0 Å². The zero-order valence-electron chi connectivity index (χ0n) is 12.4. The standard InChI is InChI=1S/C16H20N4O/c1-11(2)8-13-16-19-18-14(20(16)10-15(21)17-13)9-12-6-4-3-5-7-12/h3-7,11,13H,8-10H2,1-2H3,(H,17,21)/t13-/m0/s1. The molecule has 0 spiro atoms. The Morgan fingerprint density at radius 2 is 2.05 bits per heavy atom. The molecule has 0 fully saturated rings. The average Bonchev–Trinajstić information content (AvgIpc) is 2.82. The van der Waals surface area contributed by atoms with Crippen LogP contribution in [0, 0.1) is 5.92 Å². The fraction of sp³-hybridized carbons (Fsp3) is 0.438. The molecule has 1 aliphatic rings. The molecule has 5 heteroatoms. The number of nitrogens with one attached hydrogen (secondary N) is 1. The summed E-state index contributed by atoms with van der Waals surface area (Å²) < 4.78 is 1.97. The summed E-state index contributed by atoms with van der Waals surface area (Å²) in [6.45, 7) is 4.61. The van der Waals surface area contributed by atoms with Gasteiger partial charge in [-0.05, 0) is 17.9 Å². The van der Waals surface area contributed by atoms with Crippen LogP contribution < -0.4 is 5.32 Å². The Bertz CT molecular complexity index is 633. The van der Waals surface area contributed by atoms with Gasteiger partial charge in [-0.3, -0.25) is 4.79 Å². The summed E-state index contributed by atoms with van der Waals surface area (Å²) in [5.41, 5.74) is 1.18. The molecule has 3 rings (SSSR count). The van der Waals surface area contributed by atoms with Gasteiger partial charge in [-0.25, -0.2) is 0 Å². The van der Waals surface area contributed by atoms with Gasteiger partial charge in [-0.2, -0.15) is 0 Å². The highest BCUT2D eigenvalue weighted by molar-refractivity contribution is 5.77. The molecule has 0 saturated carbocycles. The summed E-state index contributed by atoms with van der Waals surface area (Å²) in [7, 11) is 0. The Morgan fingerprint density at radius 1 is 1.29 bits per heavy atom. The minimum absolute atomic E-state index is 0.0247. The molecule has 0 aliphatic carbocycles. The van der Waals surface area contributed by atoms with Crippen LogP contribution in [-0.4, -0.2) is 20.7 Å². The maximum atomic E-state index is 11.9. The number of aromatic nitrogens is 3. The molecule has 0 unspecified atom stereocenters. The van der Waals surface area contributed by atoms with E-state index in [-0.39, 0.29) is 11.9 Å². The molecule has 0 bridgehead atoms. The van der Waals surface area contributed by atoms with Crippen LogP contribution in [0.3, 0.4) is 0 Å². The van der Waals surface area contributed by atoms with Gasteiger partial charge in [-0.15, -0.1) is 10.2 Å². The molecule has 2 aromatic rings. The van der Waals surface area contributed by atoms with Crippen molar-refractivity contribution in [3.63, 3.8) is 0 Å². The summed E-state index contributed by atoms with van der Waals surface area (Å²) >= 11 is 0. The van der Waals surface area contributed by atoms with Crippen molar-refractivity contribution in [1.29, 1.82) is 0 Å². The third-order valence-electron chi connectivity index (χ3n) is 3.72. The number of benzene rings is 1. The SMILES string of the molecule is CC(C)C[C@@H]1NC(=O)Cn2c(Cc3ccccc3)nnc21. The number of hydrogen-bond acceptors (Lipinski definition) is 3. The Morgan fingerprint density at radius 3 is 2.76 bits per heavy atom. The Kier molecular flexibility index (Phi) is 3.73. The van der Waals surface area contributed by atoms with Gasteiger partial charge in [0, 0.05) is 6.42 Å². The van der Waals surface area contributed by atoms with E-state index in [1.54, 1.807) is 0 Å². The van der Waals surface area contributed by atoms with Crippen LogP contribution in [0.15, 0.2) is 30.3 Å². The lowest BCUT2D eigenvalue weighted by molar-refractivity contribution is -0.123. The molecule has 2 heterocycles. The summed E-state index contributed by atoms with van der Waals surface area (Å²) in [4.78, 5) is 11.9. The second kappa shape index (κ2) is 5.68. The molecule has 21 heavy (non-hydrogen) atoms. The van der Waals surface area contributed by atoms with E-state index < -0.39 is 0 Å². The molecule has 110 valence electrons. The second-order valence-corrected chi connectivity index (χ2v) is 5.97. The Hall–Kier alpha value is -2.17. The molecule has 1 aromatic carbocycles. The van der Waals surface area contributed by atoms with E-state index in [1.165, 1.54) is 5.56 Å². The number of carbonyl (C=O) groups excluding carboxylic acids is 1. The maximum absolute atomic E-state index is 11.9. The second-order valence-electron chi connectivity index (χ2n) is 5.97. The van der Waals surface area contributed by atoms with Gasteiger partial charge >= 0.3 is 0 Å². The smallest absolute Gasteiger partial charge is 0.240 e. The maximum Gasteiger partial charge on any atom is 0.240 e. The highest BCUT2D eigenvalue weighted by atomic mass is 16.2. The first-order valence-corrected chi connectivity index (χ1v) is 7.38. The summed E-state index contributed by atoms with van der Waals surface area (Å²) in [6.07, 6.45) is 1.59. The largest absolute Gasteiger partial charge is 0.345 e. The van der Waals surface area contributed by atoms with Crippen LogP contribution >= 0.6 is 0 Å². The van der Waals surface area contributed by atoms with Gasteiger partial charge in [0.15, 0.2) is 5.82 Å². The number of fused-ring (bicyclic) bond motifs is 1. The van der Waals surface area contributed by atoms with Gasteiger partial charge in [0.1, 0.15) is 12.4 Å². The van der Waals surface area contributed by atoms with Crippen LogP contribution in [0.5, 0.6) is 0 Å². The van der Waals surface area contributed by atoms with Gasteiger partial charge < -0.3 is 9.88 Å². The summed E-state index contributed by atoms with van der Waals surface area (Å²) in [6, 6.07) is 10.1. The third-order valence-corrected chi connectivity index (χ3v) is 3.72. The van der Waals surface area contributed by atoms with Gasteiger partial charge in [-0.1, -0.05) is 44.2 Å². The van der Waals surface area contributed by atoms with E-state index in [2.05, 4.69) is 41.5 Å². The first-order chi connectivity index (χ1) is 10.1. The molecule has 0 radical (unpaired) electrons. The van der Waals surface area contributed by atoms with Crippen molar-refractivity contribution in [3.8, 4) is 0 Å². The van der Waals surface area contributed by atoms with E-state index in [0.29, 0.717) is 18.9 Å². The highest BCUT2D eigenvalue weighted by Gasteiger charge is 2.29. The summed E-state index contributed by atoms with van der Waals surface area (Å²) in [5, 5.41) is 11.6. The van der Waals surface area contributed by atoms with Crippen LogP contribution in [0.1, 0.15) is 43.5 Å².